The highest BCUT2D eigenvalue weighted by atomic mass is 16.2. The summed E-state index contributed by atoms with van der Waals surface area (Å²) < 4.78 is 0. The number of H-pyrrole nitrogens is 1. The van der Waals surface area contributed by atoms with E-state index in [9.17, 15) is 4.79 Å². The van der Waals surface area contributed by atoms with E-state index in [1.54, 1.807) is 6.08 Å². The molecule has 5 nitrogen and oxygen atoms in total. The van der Waals surface area contributed by atoms with E-state index in [4.69, 9.17) is 5.73 Å². The van der Waals surface area contributed by atoms with Crippen LogP contribution in [0.25, 0.3) is 11.0 Å². The van der Waals surface area contributed by atoms with Crippen LogP contribution in [0, 0.1) is 0 Å². The molecule has 1 unspecified atom stereocenters. The highest BCUT2D eigenvalue weighted by molar-refractivity contribution is 5.96. The van der Waals surface area contributed by atoms with Crippen molar-refractivity contribution in [3.05, 3.63) is 36.7 Å². The monoisotopic (exact) mass is 286 g/mol. The quantitative estimate of drug-likeness (QED) is 0.756. The Morgan fingerprint density at radius 2 is 2.24 bits per heavy atom. The first-order valence-electron chi connectivity index (χ1n) is 6.99. The van der Waals surface area contributed by atoms with Crippen LogP contribution in [0.3, 0.4) is 0 Å². The lowest BCUT2D eigenvalue weighted by atomic mass is 9.96. The van der Waals surface area contributed by atoms with Crippen molar-refractivity contribution in [3.8, 4) is 0 Å². The van der Waals surface area contributed by atoms with E-state index in [0.717, 1.165) is 16.9 Å². The molecule has 0 radical (unpaired) electrons. The Labute approximate surface area is 124 Å². The molecule has 0 saturated carbocycles. The van der Waals surface area contributed by atoms with Crippen LogP contribution in [-0.4, -0.2) is 21.9 Å². The summed E-state index contributed by atoms with van der Waals surface area (Å²) in [5, 5.41) is 2.81. The van der Waals surface area contributed by atoms with E-state index in [1.807, 2.05) is 18.2 Å². The van der Waals surface area contributed by atoms with Gasteiger partial charge in [0.2, 0.25) is 5.91 Å². The first-order valence-corrected chi connectivity index (χ1v) is 6.99. The number of nitrogens with one attached hydrogen (secondary N) is 2. The second kappa shape index (κ2) is 5.69. The summed E-state index contributed by atoms with van der Waals surface area (Å²) >= 11 is 0. The molecule has 1 aromatic heterocycles. The van der Waals surface area contributed by atoms with E-state index in [2.05, 4.69) is 42.6 Å². The maximum atomic E-state index is 11.9. The summed E-state index contributed by atoms with van der Waals surface area (Å²) in [7, 11) is 0. The minimum absolute atomic E-state index is 0.0469. The molecular weight excluding hydrogens is 264 g/mol. The van der Waals surface area contributed by atoms with Gasteiger partial charge < -0.3 is 16.0 Å². The van der Waals surface area contributed by atoms with Gasteiger partial charge in [-0.25, -0.2) is 4.98 Å². The van der Waals surface area contributed by atoms with Gasteiger partial charge in [0.1, 0.15) is 5.82 Å². The van der Waals surface area contributed by atoms with Gasteiger partial charge >= 0.3 is 0 Å². The molecule has 0 aliphatic heterocycles. The fourth-order valence-corrected chi connectivity index (χ4v) is 1.96. The number of hydrogen-bond donors (Lipinski definition) is 3. The van der Waals surface area contributed by atoms with E-state index < -0.39 is 6.04 Å². The van der Waals surface area contributed by atoms with Crippen LogP contribution in [0.1, 0.15) is 33.0 Å². The van der Waals surface area contributed by atoms with Crippen molar-refractivity contribution < 1.29 is 4.79 Å². The standard InChI is InChI=1S/C16H22N4O/c1-5-6-11(17)14(21)18-10-7-8-12-13(9-10)20-15(19-12)16(2,3)4/h5,7-9,11H,1,6,17H2,2-4H3,(H,18,21)(H,19,20). The predicted octanol–water partition coefficient (Wildman–Crippen LogP) is 2.70. The molecule has 1 aromatic carbocycles. The molecule has 1 atom stereocenters. The Hall–Kier alpha value is -2.14. The molecule has 0 fully saturated rings. The highest BCUT2D eigenvalue weighted by Crippen LogP contribution is 2.24. The summed E-state index contributed by atoms with van der Waals surface area (Å²) in [4.78, 5) is 19.7. The van der Waals surface area contributed by atoms with Crippen LogP contribution in [0.5, 0.6) is 0 Å². The van der Waals surface area contributed by atoms with Crippen LogP contribution in [0.4, 0.5) is 5.69 Å². The summed E-state index contributed by atoms with van der Waals surface area (Å²) in [6.07, 6.45) is 2.09. The molecule has 1 heterocycles. The number of nitrogens with two attached hydrogens (primary N) is 1. The third-order valence-corrected chi connectivity index (χ3v) is 3.22. The number of carbonyl (C=O) groups is 1. The zero-order valence-corrected chi connectivity index (χ0v) is 12.7. The predicted molar refractivity (Wildman–Crippen MR) is 86.2 cm³/mol. The molecule has 0 aliphatic rings. The summed E-state index contributed by atoms with van der Waals surface area (Å²) in [6, 6.07) is 5.00. The van der Waals surface area contributed by atoms with Gasteiger partial charge in [-0.15, -0.1) is 6.58 Å². The normalized spacial score (nSPS) is 13.1. The minimum Gasteiger partial charge on any atom is -0.341 e. The smallest absolute Gasteiger partial charge is 0.241 e. The molecule has 2 rings (SSSR count). The summed E-state index contributed by atoms with van der Waals surface area (Å²) in [5.41, 5.74) is 8.18. The molecule has 2 aromatic rings. The molecule has 1 amide bonds. The molecule has 21 heavy (non-hydrogen) atoms. The van der Waals surface area contributed by atoms with Crippen LogP contribution in [0.2, 0.25) is 0 Å². The van der Waals surface area contributed by atoms with Crippen molar-refractivity contribution >= 4 is 22.6 Å². The Kier molecular flexibility index (Phi) is 4.14. The summed E-state index contributed by atoms with van der Waals surface area (Å²) in [6.45, 7) is 9.88. The van der Waals surface area contributed by atoms with Gasteiger partial charge in [0.15, 0.2) is 0 Å². The van der Waals surface area contributed by atoms with Crippen molar-refractivity contribution in [2.24, 2.45) is 5.73 Å². The Bertz CT molecular complexity index is 666. The molecular formula is C16H22N4O. The van der Waals surface area contributed by atoms with Crippen LogP contribution < -0.4 is 11.1 Å². The largest absolute Gasteiger partial charge is 0.341 e. The van der Waals surface area contributed by atoms with Gasteiger partial charge in [-0.2, -0.15) is 0 Å². The Balaban J connectivity index is 2.23. The zero-order chi connectivity index (χ0) is 15.6. The van der Waals surface area contributed by atoms with E-state index in [1.165, 1.54) is 0 Å². The highest BCUT2D eigenvalue weighted by Gasteiger charge is 2.18. The Morgan fingerprint density at radius 3 is 2.86 bits per heavy atom. The van der Waals surface area contributed by atoms with Crippen LogP contribution >= 0.6 is 0 Å². The van der Waals surface area contributed by atoms with Crippen LogP contribution in [0.15, 0.2) is 30.9 Å². The van der Waals surface area contributed by atoms with Gasteiger partial charge in [0, 0.05) is 11.1 Å². The molecule has 5 heteroatoms. The van der Waals surface area contributed by atoms with E-state index in [-0.39, 0.29) is 11.3 Å². The molecule has 0 spiro atoms. The zero-order valence-electron chi connectivity index (χ0n) is 12.7. The van der Waals surface area contributed by atoms with Gasteiger partial charge in [-0.1, -0.05) is 26.8 Å². The number of fused-ring (bicyclic) bond motifs is 1. The molecule has 0 bridgehead atoms. The average Bonchev–Trinajstić information content (AvgIpc) is 2.82. The number of anilines is 1. The second-order valence-corrected chi connectivity index (χ2v) is 6.19. The lowest BCUT2D eigenvalue weighted by Gasteiger charge is -2.13. The number of imidazole rings is 1. The lowest BCUT2D eigenvalue weighted by Crippen LogP contribution is -2.35. The van der Waals surface area contributed by atoms with E-state index in [0.29, 0.717) is 12.1 Å². The van der Waals surface area contributed by atoms with Gasteiger partial charge in [-0.05, 0) is 24.6 Å². The fourth-order valence-electron chi connectivity index (χ4n) is 1.96. The maximum Gasteiger partial charge on any atom is 0.241 e. The average molecular weight is 286 g/mol. The van der Waals surface area contributed by atoms with Gasteiger partial charge in [-0.3, -0.25) is 4.79 Å². The molecule has 4 N–H and O–H groups in total. The Morgan fingerprint density at radius 1 is 1.52 bits per heavy atom. The van der Waals surface area contributed by atoms with E-state index >= 15 is 0 Å². The number of benzene rings is 1. The third-order valence-electron chi connectivity index (χ3n) is 3.22. The maximum absolute atomic E-state index is 11.9. The van der Waals surface area contributed by atoms with Crippen molar-refractivity contribution in [3.63, 3.8) is 0 Å². The van der Waals surface area contributed by atoms with Gasteiger partial charge in [0.05, 0.1) is 17.1 Å². The SMILES string of the molecule is C=CCC(N)C(=O)Nc1ccc2nc(C(C)(C)C)[nH]c2c1. The molecule has 0 aliphatic carbocycles. The third kappa shape index (κ3) is 3.49. The molecule has 0 saturated heterocycles. The number of nitrogens with zero attached hydrogens (tertiary/aromatic N) is 1. The topological polar surface area (TPSA) is 83.8 Å². The number of aromatic nitrogens is 2. The van der Waals surface area contributed by atoms with Gasteiger partial charge in [0.25, 0.3) is 0 Å². The lowest BCUT2D eigenvalue weighted by molar-refractivity contribution is -0.117. The van der Waals surface area contributed by atoms with Crippen molar-refractivity contribution in [1.82, 2.24) is 9.97 Å². The van der Waals surface area contributed by atoms with Crippen molar-refractivity contribution in [2.45, 2.75) is 38.6 Å². The number of aromatic amines is 1. The molecule has 112 valence electrons. The second-order valence-electron chi connectivity index (χ2n) is 6.19. The van der Waals surface area contributed by atoms with Crippen molar-refractivity contribution in [1.29, 1.82) is 0 Å². The number of carbonyl (C=O) groups excluding carboxylic acids is 1. The summed E-state index contributed by atoms with van der Waals surface area (Å²) in [5.74, 6) is 0.703. The fraction of sp³-hybridized carbons (Fsp3) is 0.375. The first kappa shape index (κ1) is 15.3. The first-order chi connectivity index (χ1) is 9.81. The number of hydrogen-bond acceptors (Lipinski definition) is 3. The number of rotatable bonds is 4. The van der Waals surface area contributed by atoms with Crippen molar-refractivity contribution in [2.75, 3.05) is 5.32 Å². The van der Waals surface area contributed by atoms with Crippen LogP contribution in [-0.2, 0) is 10.2 Å². The number of amides is 1. The minimum atomic E-state index is -0.579.